The molecule has 1 saturated heterocycles. The van der Waals surface area contributed by atoms with Crippen molar-refractivity contribution < 1.29 is 28.8 Å². The van der Waals surface area contributed by atoms with E-state index in [1.54, 1.807) is 21.3 Å². The molecule has 1 N–H and O–H groups in total. The van der Waals surface area contributed by atoms with Gasteiger partial charge in [-0.3, -0.25) is 9.69 Å². The van der Waals surface area contributed by atoms with Gasteiger partial charge in [-0.05, 0) is 35.4 Å². The number of rotatable bonds is 9. The Kier molecular flexibility index (Phi) is 6.26. The maximum Gasteiger partial charge on any atom is 0.309 e. The highest BCUT2D eigenvalue weighted by Gasteiger charge is 2.32. The lowest BCUT2D eigenvalue weighted by molar-refractivity contribution is -0.147. The monoisotopic (exact) mass is 387 g/mol. The van der Waals surface area contributed by atoms with Gasteiger partial charge in [0.15, 0.2) is 11.5 Å². The van der Waals surface area contributed by atoms with E-state index in [4.69, 9.17) is 24.1 Å². The minimum Gasteiger partial charge on any atom is -0.493 e. The molecular formula is C21H25NO6. The Balaban J connectivity index is 1.57. The fourth-order valence-corrected chi connectivity index (χ4v) is 3.19. The van der Waals surface area contributed by atoms with Crippen LogP contribution >= 0.6 is 0 Å². The highest BCUT2D eigenvalue weighted by atomic mass is 16.5. The van der Waals surface area contributed by atoms with Crippen LogP contribution in [-0.4, -0.2) is 50.4 Å². The molecule has 1 fully saturated rings. The molecule has 28 heavy (non-hydrogen) atoms. The summed E-state index contributed by atoms with van der Waals surface area (Å²) in [6, 6.07) is 11.6. The SMILES string of the molecule is COc1cc(COc2ccc(CN3CC(C(=O)O)C3)cc2)cc(OC)c1OC. The van der Waals surface area contributed by atoms with E-state index in [2.05, 4.69) is 4.90 Å². The quantitative estimate of drug-likeness (QED) is 0.709. The molecule has 0 aromatic heterocycles. The zero-order valence-corrected chi connectivity index (χ0v) is 16.3. The van der Waals surface area contributed by atoms with Crippen molar-refractivity contribution in [3.63, 3.8) is 0 Å². The molecule has 0 atom stereocenters. The van der Waals surface area contributed by atoms with Crippen molar-refractivity contribution in [2.24, 2.45) is 5.92 Å². The molecule has 3 rings (SSSR count). The molecule has 150 valence electrons. The number of aliphatic carboxylic acids is 1. The summed E-state index contributed by atoms with van der Waals surface area (Å²) in [6.45, 7) is 2.32. The summed E-state index contributed by atoms with van der Waals surface area (Å²) in [5.74, 6) is 1.53. The standard InChI is InChI=1S/C21H25NO6/c1-25-18-8-15(9-19(26-2)20(18)27-3)13-28-17-6-4-14(5-7-17)10-22-11-16(12-22)21(23)24/h4-9,16H,10-13H2,1-3H3,(H,23,24). The van der Waals surface area contributed by atoms with Crippen LogP contribution in [-0.2, 0) is 17.9 Å². The summed E-state index contributed by atoms with van der Waals surface area (Å²) < 4.78 is 21.9. The molecule has 0 unspecified atom stereocenters. The van der Waals surface area contributed by atoms with Crippen LogP contribution < -0.4 is 18.9 Å². The van der Waals surface area contributed by atoms with E-state index in [9.17, 15) is 4.79 Å². The lowest BCUT2D eigenvalue weighted by atomic mass is 10.00. The number of hydrogen-bond acceptors (Lipinski definition) is 6. The average molecular weight is 387 g/mol. The number of carbonyl (C=O) groups is 1. The number of benzene rings is 2. The van der Waals surface area contributed by atoms with Crippen molar-refractivity contribution in [3.05, 3.63) is 47.5 Å². The maximum absolute atomic E-state index is 10.9. The fraction of sp³-hybridized carbons (Fsp3) is 0.381. The second kappa shape index (κ2) is 8.84. The zero-order valence-electron chi connectivity index (χ0n) is 16.3. The van der Waals surface area contributed by atoms with Crippen LogP contribution in [0.1, 0.15) is 11.1 Å². The minimum atomic E-state index is -0.716. The molecule has 1 heterocycles. The van der Waals surface area contributed by atoms with Crippen molar-refractivity contribution in [3.8, 4) is 23.0 Å². The van der Waals surface area contributed by atoms with E-state index in [1.165, 1.54) is 0 Å². The van der Waals surface area contributed by atoms with Crippen LogP contribution in [0.4, 0.5) is 0 Å². The van der Waals surface area contributed by atoms with Crippen molar-refractivity contribution in [2.75, 3.05) is 34.4 Å². The molecule has 1 aliphatic heterocycles. The van der Waals surface area contributed by atoms with E-state index in [1.807, 2.05) is 36.4 Å². The third-order valence-electron chi connectivity index (χ3n) is 4.77. The molecule has 2 aromatic rings. The molecule has 2 aromatic carbocycles. The second-order valence-corrected chi connectivity index (χ2v) is 6.70. The first-order valence-corrected chi connectivity index (χ1v) is 8.99. The number of carboxylic acid groups (broad SMARTS) is 1. The van der Waals surface area contributed by atoms with Crippen LogP contribution in [0.15, 0.2) is 36.4 Å². The topological polar surface area (TPSA) is 77.5 Å². The molecule has 0 bridgehead atoms. The Morgan fingerprint density at radius 1 is 1.00 bits per heavy atom. The highest BCUT2D eigenvalue weighted by molar-refractivity contribution is 5.71. The largest absolute Gasteiger partial charge is 0.493 e. The van der Waals surface area contributed by atoms with Gasteiger partial charge in [-0.2, -0.15) is 0 Å². The van der Waals surface area contributed by atoms with Crippen LogP contribution in [0.5, 0.6) is 23.0 Å². The minimum absolute atomic E-state index is 0.235. The van der Waals surface area contributed by atoms with E-state index in [-0.39, 0.29) is 5.92 Å². The number of methoxy groups -OCH3 is 3. The highest BCUT2D eigenvalue weighted by Crippen LogP contribution is 2.38. The summed E-state index contributed by atoms with van der Waals surface area (Å²) in [7, 11) is 4.73. The first-order valence-electron chi connectivity index (χ1n) is 8.99. The van der Waals surface area contributed by atoms with Gasteiger partial charge in [0, 0.05) is 19.6 Å². The summed E-state index contributed by atoms with van der Waals surface area (Å²) in [5, 5.41) is 8.94. The number of hydrogen-bond donors (Lipinski definition) is 1. The maximum atomic E-state index is 10.9. The molecule has 0 aliphatic carbocycles. The van der Waals surface area contributed by atoms with Crippen LogP contribution in [0, 0.1) is 5.92 Å². The lowest BCUT2D eigenvalue weighted by Gasteiger charge is -2.36. The molecule has 0 radical (unpaired) electrons. The van der Waals surface area contributed by atoms with E-state index in [0.29, 0.717) is 36.9 Å². The Morgan fingerprint density at radius 3 is 2.11 bits per heavy atom. The van der Waals surface area contributed by atoms with Gasteiger partial charge in [-0.25, -0.2) is 0 Å². The fourth-order valence-electron chi connectivity index (χ4n) is 3.19. The second-order valence-electron chi connectivity index (χ2n) is 6.70. The average Bonchev–Trinajstić information content (AvgIpc) is 2.68. The van der Waals surface area contributed by atoms with Gasteiger partial charge in [0.2, 0.25) is 5.75 Å². The Labute approximate surface area is 164 Å². The van der Waals surface area contributed by atoms with Gasteiger partial charge >= 0.3 is 5.97 Å². The van der Waals surface area contributed by atoms with E-state index < -0.39 is 5.97 Å². The number of ether oxygens (including phenoxy) is 4. The Hall–Kier alpha value is -2.93. The number of nitrogens with zero attached hydrogens (tertiary/aromatic N) is 1. The molecule has 1 aliphatic rings. The van der Waals surface area contributed by atoms with Gasteiger partial charge in [-0.1, -0.05) is 12.1 Å². The molecule has 0 spiro atoms. The lowest BCUT2D eigenvalue weighted by Crippen LogP contribution is -2.49. The van der Waals surface area contributed by atoms with Crippen LogP contribution in [0.3, 0.4) is 0 Å². The third kappa shape index (κ3) is 4.48. The summed E-state index contributed by atoms with van der Waals surface area (Å²) in [6.07, 6.45) is 0. The van der Waals surface area contributed by atoms with Gasteiger partial charge in [0.25, 0.3) is 0 Å². The Morgan fingerprint density at radius 2 is 1.61 bits per heavy atom. The smallest absolute Gasteiger partial charge is 0.309 e. The first-order chi connectivity index (χ1) is 13.5. The predicted octanol–water partition coefficient (Wildman–Crippen LogP) is 2.81. The van der Waals surface area contributed by atoms with Gasteiger partial charge in [0.05, 0.1) is 27.2 Å². The Bertz CT molecular complexity index is 789. The zero-order chi connectivity index (χ0) is 20.1. The summed E-state index contributed by atoms with van der Waals surface area (Å²) in [5.41, 5.74) is 2.03. The van der Waals surface area contributed by atoms with Crippen molar-refractivity contribution in [1.29, 1.82) is 0 Å². The number of likely N-dealkylation sites (tertiary alicyclic amines) is 1. The van der Waals surface area contributed by atoms with Gasteiger partial charge in [0.1, 0.15) is 12.4 Å². The van der Waals surface area contributed by atoms with Gasteiger partial charge < -0.3 is 24.1 Å². The summed E-state index contributed by atoms with van der Waals surface area (Å²) in [4.78, 5) is 13.0. The predicted molar refractivity (Wildman–Crippen MR) is 103 cm³/mol. The number of carboxylic acids is 1. The summed E-state index contributed by atoms with van der Waals surface area (Å²) >= 11 is 0. The van der Waals surface area contributed by atoms with Crippen molar-refractivity contribution in [2.45, 2.75) is 13.2 Å². The van der Waals surface area contributed by atoms with Crippen LogP contribution in [0.2, 0.25) is 0 Å². The van der Waals surface area contributed by atoms with Gasteiger partial charge in [-0.15, -0.1) is 0 Å². The van der Waals surface area contributed by atoms with E-state index in [0.717, 1.165) is 23.4 Å². The first kappa shape index (κ1) is 19.8. The molecule has 0 amide bonds. The van der Waals surface area contributed by atoms with Crippen molar-refractivity contribution >= 4 is 5.97 Å². The molecule has 7 heteroatoms. The molecule has 0 saturated carbocycles. The molecular weight excluding hydrogens is 362 g/mol. The van der Waals surface area contributed by atoms with E-state index >= 15 is 0 Å². The molecule has 7 nitrogen and oxygen atoms in total. The van der Waals surface area contributed by atoms with Crippen LogP contribution in [0.25, 0.3) is 0 Å². The normalized spacial score (nSPS) is 14.2. The van der Waals surface area contributed by atoms with Crippen molar-refractivity contribution in [1.82, 2.24) is 4.90 Å². The third-order valence-corrected chi connectivity index (χ3v) is 4.77.